The second-order valence-electron chi connectivity index (χ2n) is 7.36. The van der Waals surface area contributed by atoms with E-state index in [2.05, 4.69) is 27.2 Å². The molecule has 6 heteroatoms. The summed E-state index contributed by atoms with van der Waals surface area (Å²) in [5.41, 5.74) is 0.931. The fraction of sp³-hybridized carbons (Fsp3) is 0.632. The van der Waals surface area contributed by atoms with Gasteiger partial charge in [0.1, 0.15) is 0 Å². The molecule has 2 fully saturated rings. The van der Waals surface area contributed by atoms with Gasteiger partial charge in [0, 0.05) is 38.0 Å². The summed E-state index contributed by atoms with van der Waals surface area (Å²) in [5, 5.41) is 8.50. The molecule has 3 aliphatic rings. The summed E-state index contributed by atoms with van der Waals surface area (Å²) in [6.45, 7) is 5.94. The molecule has 0 spiro atoms. The summed E-state index contributed by atoms with van der Waals surface area (Å²) in [4.78, 5) is 17.0. The number of hydrogen-bond acceptors (Lipinski definition) is 5. The summed E-state index contributed by atoms with van der Waals surface area (Å²) >= 11 is 0. The molecule has 1 aromatic rings. The summed E-state index contributed by atoms with van der Waals surface area (Å²) in [6, 6.07) is 4.04. The average molecular weight is 342 g/mol. The number of anilines is 1. The number of piperidine rings is 1. The van der Waals surface area contributed by atoms with Crippen LogP contribution in [0, 0.1) is 18.8 Å². The summed E-state index contributed by atoms with van der Waals surface area (Å²) in [6.07, 6.45) is 7.16. The molecular weight excluding hydrogens is 316 g/mol. The van der Waals surface area contributed by atoms with Crippen LogP contribution in [0.25, 0.3) is 0 Å². The molecule has 0 radical (unpaired) electrons. The zero-order valence-electron chi connectivity index (χ0n) is 14.8. The van der Waals surface area contributed by atoms with Crippen molar-refractivity contribution < 1.29 is 9.53 Å². The highest BCUT2D eigenvalue weighted by Crippen LogP contribution is 2.28. The van der Waals surface area contributed by atoms with Crippen molar-refractivity contribution in [2.45, 2.75) is 32.3 Å². The lowest BCUT2D eigenvalue weighted by atomic mass is 9.92. The Kier molecular flexibility index (Phi) is 4.70. The van der Waals surface area contributed by atoms with Gasteiger partial charge in [0.05, 0.1) is 18.4 Å². The van der Waals surface area contributed by atoms with E-state index in [1.807, 2.05) is 24.0 Å². The SMILES string of the molecule is Cc1ccc(N2CCO[C@@H]3CN(C(=O)C4CC=CC4)CC[C@@H]3C2)nn1. The Hall–Kier alpha value is -1.95. The van der Waals surface area contributed by atoms with Crippen molar-refractivity contribution in [3.05, 3.63) is 30.0 Å². The molecule has 1 amide bonds. The van der Waals surface area contributed by atoms with Gasteiger partial charge in [-0.2, -0.15) is 5.10 Å². The first-order chi connectivity index (χ1) is 12.2. The van der Waals surface area contributed by atoms with Crippen LogP contribution in [0.4, 0.5) is 5.82 Å². The van der Waals surface area contributed by atoms with Crippen LogP contribution in [0.15, 0.2) is 24.3 Å². The normalized spacial score (nSPS) is 27.2. The summed E-state index contributed by atoms with van der Waals surface area (Å²) < 4.78 is 6.13. The largest absolute Gasteiger partial charge is 0.374 e. The first kappa shape index (κ1) is 16.5. The van der Waals surface area contributed by atoms with Gasteiger partial charge < -0.3 is 14.5 Å². The second-order valence-corrected chi connectivity index (χ2v) is 7.36. The standard InChI is InChI=1S/C19H26N4O2/c1-14-6-7-18(21-20-14)22-10-11-25-17-13-23(9-8-16(17)12-22)19(24)15-4-2-3-5-15/h2-3,6-7,15-17H,4-5,8-13H2,1H3/t16-,17-/m1/s1. The average Bonchev–Trinajstić information content (AvgIpc) is 3.08. The summed E-state index contributed by atoms with van der Waals surface area (Å²) in [7, 11) is 0. The third kappa shape index (κ3) is 3.54. The lowest BCUT2D eigenvalue weighted by Crippen LogP contribution is -2.50. The highest BCUT2D eigenvalue weighted by molar-refractivity contribution is 5.79. The Bertz CT molecular complexity index is 637. The van der Waals surface area contributed by atoms with Crippen LogP contribution in [0.5, 0.6) is 0 Å². The second kappa shape index (κ2) is 7.12. The molecule has 25 heavy (non-hydrogen) atoms. The molecule has 2 atom stereocenters. The van der Waals surface area contributed by atoms with E-state index in [0.29, 0.717) is 18.4 Å². The van der Waals surface area contributed by atoms with E-state index in [1.54, 1.807) is 0 Å². The van der Waals surface area contributed by atoms with Gasteiger partial charge in [-0.15, -0.1) is 5.10 Å². The topological polar surface area (TPSA) is 58.6 Å². The fourth-order valence-corrected chi connectivity index (χ4v) is 4.10. The lowest BCUT2D eigenvalue weighted by Gasteiger charge is -2.39. The van der Waals surface area contributed by atoms with Crippen LogP contribution in [0.1, 0.15) is 25.0 Å². The maximum atomic E-state index is 12.7. The van der Waals surface area contributed by atoms with Crippen LogP contribution >= 0.6 is 0 Å². The molecule has 134 valence electrons. The quantitative estimate of drug-likeness (QED) is 0.767. The minimum atomic E-state index is 0.135. The maximum absolute atomic E-state index is 12.7. The van der Waals surface area contributed by atoms with Crippen molar-refractivity contribution in [2.75, 3.05) is 37.7 Å². The molecule has 0 aromatic carbocycles. The Morgan fingerprint density at radius 1 is 1.16 bits per heavy atom. The summed E-state index contributed by atoms with van der Waals surface area (Å²) in [5.74, 6) is 1.82. The number of hydrogen-bond donors (Lipinski definition) is 0. The number of carbonyl (C=O) groups excluding carboxylic acids is 1. The van der Waals surface area contributed by atoms with E-state index in [4.69, 9.17) is 4.74 Å². The minimum Gasteiger partial charge on any atom is -0.374 e. The molecular formula is C19H26N4O2. The van der Waals surface area contributed by atoms with Crippen LogP contribution in [-0.2, 0) is 9.53 Å². The third-order valence-corrected chi connectivity index (χ3v) is 5.62. The van der Waals surface area contributed by atoms with E-state index < -0.39 is 0 Å². The van der Waals surface area contributed by atoms with Gasteiger partial charge in [0.15, 0.2) is 5.82 Å². The molecule has 0 saturated carbocycles. The Morgan fingerprint density at radius 2 is 2.00 bits per heavy atom. The molecule has 1 aliphatic carbocycles. The zero-order chi connectivity index (χ0) is 17.2. The molecule has 6 nitrogen and oxygen atoms in total. The number of fused-ring (bicyclic) bond motifs is 1. The van der Waals surface area contributed by atoms with Crippen molar-refractivity contribution in [1.82, 2.24) is 15.1 Å². The van der Waals surface area contributed by atoms with Gasteiger partial charge in [-0.3, -0.25) is 4.79 Å². The molecule has 0 N–H and O–H groups in total. The van der Waals surface area contributed by atoms with Gasteiger partial charge in [-0.1, -0.05) is 12.2 Å². The van der Waals surface area contributed by atoms with E-state index in [0.717, 1.165) is 57.0 Å². The number of ether oxygens (including phenoxy) is 1. The minimum absolute atomic E-state index is 0.135. The number of nitrogens with zero attached hydrogens (tertiary/aromatic N) is 4. The van der Waals surface area contributed by atoms with Crippen LogP contribution in [0.2, 0.25) is 0 Å². The Labute approximate surface area is 148 Å². The smallest absolute Gasteiger partial charge is 0.226 e. The van der Waals surface area contributed by atoms with E-state index in [1.165, 1.54) is 0 Å². The first-order valence-electron chi connectivity index (χ1n) is 9.31. The third-order valence-electron chi connectivity index (χ3n) is 5.62. The fourth-order valence-electron chi connectivity index (χ4n) is 4.10. The van der Waals surface area contributed by atoms with Gasteiger partial charge >= 0.3 is 0 Å². The molecule has 0 bridgehead atoms. The zero-order valence-corrected chi connectivity index (χ0v) is 14.8. The number of allylic oxidation sites excluding steroid dienone is 2. The van der Waals surface area contributed by atoms with E-state index >= 15 is 0 Å². The molecule has 2 aliphatic heterocycles. The predicted octanol–water partition coefficient (Wildman–Crippen LogP) is 1.80. The van der Waals surface area contributed by atoms with Crippen LogP contribution in [0.3, 0.4) is 0 Å². The number of amides is 1. The lowest BCUT2D eigenvalue weighted by molar-refractivity contribution is -0.140. The van der Waals surface area contributed by atoms with Crippen LogP contribution in [-0.4, -0.2) is 59.9 Å². The number of likely N-dealkylation sites (tertiary alicyclic amines) is 1. The van der Waals surface area contributed by atoms with Crippen molar-refractivity contribution in [1.29, 1.82) is 0 Å². The van der Waals surface area contributed by atoms with Gasteiger partial charge in [-0.05, 0) is 38.3 Å². The van der Waals surface area contributed by atoms with Gasteiger partial charge in [-0.25, -0.2) is 0 Å². The van der Waals surface area contributed by atoms with Gasteiger partial charge in [0.2, 0.25) is 5.91 Å². The Balaban J connectivity index is 1.40. The number of aryl methyl sites for hydroxylation is 1. The molecule has 2 saturated heterocycles. The maximum Gasteiger partial charge on any atom is 0.226 e. The number of aromatic nitrogens is 2. The number of rotatable bonds is 2. The molecule has 4 rings (SSSR count). The van der Waals surface area contributed by atoms with Crippen molar-refractivity contribution in [2.24, 2.45) is 11.8 Å². The van der Waals surface area contributed by atoms with Crippen molar-refractivity contribution in [3.63, 3.8) is 0 Å². The highest BCUT2D eigenvalue weighted by Gasteiger charge is 2.37. The monoisotopic (exact) mass is 342 g/mol. The van der Waals surface area contributed by atoms with Crippen molar-refractivity contribution in [3.8, 4) is 0 Å². The van der Waals surface area contributed by atoms with Gasteiger partial charge in [0.25, 0.3) is 0 Å². The number of carbonyl (C=O) groups is 1. The first-order valence-corrected chi connectivity index (χ1v) is 9.31. The Morgan fingerprint density at radius 3 is 2.76 bits per heavy atom. The molecule has 3 heterocycles. The van der Waals surface area contributed by atoms with E-state index in [-0.39, 0.29) is 12.0 Å². The molecule has 0 unspecified atom stereocenters. The predicted molar refractivity (Wildman–Crippen MR) is 95.3 cm³/mol. The van der Waals surface area contributed by atoms with E-state index in [9.17, 15) is 4.79 Å². The molecule has 1 aromatic heterocycles. The highest BCUT2D eigenvalue weighted by atomic mass is 16.5. The van der Waals surface area contributed by atoms with Crippen LogP contribution < -0.4 is 4.90 Å². The van der Waals surface area contributed by atoms with Crippen molar-refractivity contribution >= 4 is 11.7 Å².